The molecule has 0 bridgehead atoms. The maximum absolute atomic E-state index is 5.80. The number of nitrogens with one attached hydrogen (secondary N) is 1. The molecule has 0 aliphatic heterocycles. The van der Waals surface area contributed by atoms with Crippen LogP contribution in [0.3, 0.4) is 0 Å². The van der Waals surface area contributed by atoms with E-state index in [1.54, 1.807) is 6.07 Å². The number of nitrogens with two attached hydrogens (primary N) is 1. The highest BCUT2D eigenvalue weighted by Gasteiger charge is 2.23. The quantitative estimate of drug-likeness (QED) is 0.832. The van der Waals surface area contributed by atoms with E-state index in [2.05, 4.69) is 36.3 Å². The van der Waals surface area contributed by atoms with Gasteiger partial charge in [-0.15, -0.1) is 10.2 Å². The Balaban J connectivity index is 2.72. The lowest BCUT2D eigenvalue weighted by Crippen LogP contribution is -2.43. The molecular weight excluding hydrogens is 224 g/mol. The molecule has 16 heavy (non-hydrogen) atoms. The monoisotopic (exact) mass is 242 g/mol. The Labute approximate surface area is 102 Å². The number of aromatic nitrogens is 2. The van der Waals surface area contributed by atoms with Crippen molar-refractivity contribution in [1.29, 1.82) is 0 Å². The zero-order valence-corrected chi connectivity index (χ0v) is 10.8. The molecule has 0 aliphatic carbocycles. The van der Waals surface area contributed by atoms with Gasteiger partial charge in [0, 0.05) is 12.1 Å². The Morgan fingerprint density at radius 1 is 1.44 bits per heavy atom. The van der Waals surface area contributed by atoms with Crippen molar-refractivity contribution in [3.8, 4) is 0 Å². The Kier molecular flexibility index (Phi) is 4.50. The standard InChI is InChI=1S/C11H19ClN4/c1-8(2)6-11(3,7-13)14-10-5-4-9(12)15-16-10/h4-5,8H,6-7,13H2,1-3H3,(H,14,16). The fraction of sp³-hybridized carbons (Fsp3) is 0.636. The molecule has 3 N–H and O–H groups in total. The predicted molar refractivity (Wildman–Crippen MR) is 67.6 cm³/mol. The van der Waals surface area contributed by atoms with Crippen LogP contribution in [0, 0.1) is 5.92 Å². The SMILES string of the molecule is CC(C)CC(C)(CN)Nc1ccc(Cl)nn1. The molecule has 1 aromatic heterocycles. The van der Waals surface area contributed by atoms with Crippen LogP contribution in [0.15, 0.2) is 12.1 Å². The van der Waals surface area contributed by atoms with Crippen molar-refractivity contribution in [2.24, 2.45) is 11.7 Å². The maximum Gasteiger partial charge on any atom is 0.151 e. The van der Waals surface area contributed by atoms with Gasteiger partial charge in [-0.3, -0.25) is 0 Å². The van der Waals surface area contributed by atoms with Gasteiger partial charge in [-0.2, -0.15) is 0 Å². The molecule has 0 aromatic carbocycles. The highest BCUT2D eigenvalue weighted by atomic mass is 35.5. The van der Waals surface area contributed by atoms with Crippen molar-refractivity contribution in [2.45, 2.75) is 32.7 Å². The van der Waals surface area contributed by atoms with E-state index in [4.69, 9.17) is 17.3 Å². The summed E-state index contributed by atoms with van der Waals surface area (Å²) in [4.78, 5) is 0. The number of halogens is 1. The molecule has 0 aliphatic rings. The molecule has 1 unspecified atom stereocenters. The number of rotatable bonds is 5. The van der Waals surface area contributed by atoms with Crippen LogP contribution in [0.4, 0.5) is 5.82 Å². The summed E-state index contributed by atoms with van der Waals surface area (Å²) in [5, 5.41) is 11.5. The number of nitrogens with zero attached hydrogens (tertiary/aromatic N) is 2. The normalized spacial score (nSPS) is 14.9. The minimum atomic E-state index is -0.156. The zero-order valence-electron chi connectivity index (χ0n) is 10.00. The molecule has 0 amide bonds. The highest BCUT2D eigenvalue weighted by molar-refractivity contribution is 6.29. The average molecular weight is 243 g/mol. The summed E-state index contributed by atoms with van der Waals surface area (Å²) in [5.41, 5.74) is 5.64. The average Bonchev–Trinajstić information content (AvgIpc) is 2.20. The van der Waals surface area contributed by atoms with E-state index in [0.717, 1.165) is 6.42 Å². The number of hydrogen-bond donors (Lipinski definition) is 2. The van der Waals surface area contributed by atoms with Crippen molar-refractivity contribution in [3.63, 3.8) is 0 Å². The second kappa shape index (κ2) is 5.46. The number of hydrogen-bond acceptors (Lipinski definition) is 4. The van der Waals surface area contributed by atoms with Gasteiger partial charge in [-0.25, -0.2) is 0 Å². The van der Waals surface area contributed by atoms with E-state index in [-0.39, 0.29) is 5.54 Å². The number of anilines is 1. The fourth-order valence-electron chi connectivity index (χ4n) is 1.78. The first kappa shape index (κ1) is 13.2. The van der Waals surface area contributed by atoms with Crippen LogP contribution in [0.2, 0.25) is 5.15 Å². The zero-order chi connectivity index (χ0) is 12.2. The molecule has 1 heterocycles. The van der Waals surface area contributed by atoms with Crippen molar-refractivity contribution < 1.29 is 0 Å². The van der Waals surface area contributed by atoms with Crippen LogP contribution in [0.1, 0.15) is 27.2 Å². The molecule has 0 radical (unpaired) electrons. The first-order valence-electron chi connectivity index (χ1n) is 5.43. The molecular formula is C11H19ClN4. The van der Waals surface area contributed by atoms with Crippen LogP contribution >= 0.6 is 11.6 Å². The van der Waals surface area contributed by atoms with E-state index >= 15 is 0 Å². The van der Waals surface area contributed by atoms with Crippen LogP contribution < -0.4 is 11.1 Å². The third-order valence-electron chi connectivity index (χ3n) is 2.37. The molecule has 4 nitrogen and oxygen atoms in total. The van der Waals surface area contributed by atoms with E-state index in [9.17, 15) is 0 Å². The first-order chi connectivity index (χ1) is 7.45. The van der Waals surface area contributed by atoms with Gasteiger partial charge < -0.3 is 11.1 Å². The lowest BCUT2D eigenvalue weighted by molar-refractivity contribution is 0.405. The smallest absolute Gasteiger partial charge is 0.151 e. The Morgan fingerprint density at radius 2 is 2.12 bits per heavy atom. The molecule has 0 saturated carbocycles. The van der Waals surface area contributed by atoms with Gasteiger partial charge in [0.2, 0.25) is 0 Å². The van der Waals surface area contributed by atoms with Gasteiger partial charge >= 0.3 is 0 Å². The predicted octanol–water partition coefficient (Wildman–Crippen LogP) is 2.31. The van der Waals surface area contributed by atoms with Gasteiger partial charge in [0.1, 0.15) is 5.82 Å². The molecule has 1 aromatic rings. The molecule has 0 saturated heterocycles. The summed E-state index contributed by atoms with van der Waals surface area (Å²) >= 11 is 5.68. The van der Waals surface area contributed by atoms with Gasteiger partial charge in [0.25, 0.3) is 0 Å². The van der Waals surface area contributed by atoms with Crippen LogP contribution in [-0.2, 0) is 0 Å². The van der Waals surface area contributed by atoms with Gasteiger partial charge in [-0.1, -0.05) is 25.4 Å². The Bertz CT molecular complexity index is 325. The summed E-state index contributed by atoms with van der Waals surface area (Å²) in [7, 11) is 0. The molecule has 1 rings (SSSR count). The Hall–Kier alpha value is -0.870. The summed E-state index contributed by atoms with van der Waals surface area (Å²) in [6.45, 7) is 6.98. The minimum absolute atomic E-state index is 0.156. The van der Waals surface area contributed by atoms with E-state index in [1.807, 2.05) is 6.07 Å². The van der Waals surface area contributed by atoms with Crippen molar-refractivity contribution in [1.82, 2.24) is 10.2 Å². The minimum Gasteiger partial charge on any atom is -0.362 e. The molecule has 1 atom stereocenters. The highest BCUT2D eigenvalue weighted by Crippen LogP contribution is 2.20. The third kappa shape index (κ3) is 3.94. The summed E-state index contributed by atoms with van der Waals surface area (Å²) in [6.07, 6.45) is 0.980. The molecule has 0 spiro atoms. The molecule has 90 valence electrons. The van der Waals surface area contributed by atoms with E-state index in [1.165, 1.54) is 0 Å². The van der Waals surface area contributed by atoms with E-state index < -0.39 is 0 Å². The lowest BCUT2D eigenvalue weighted by Gasteiger charge is -2.31. The summed E-state index contributed by atoms with van der Waals surface area (Å²) in [6, 6.07) is 3.52. The van der Waals surface area contributed by atoms with Crippen molar-refractivity contribution in [2.75, 3.05) is 11.9 Å². The van der Waals surface area contributed by atoms with E-state index in [0.29, 0.717) is 23.4 Å². The summed E-state index contributed by atoms with van der Waals surface area (Å²) in [5.74, 6) is 1.28. The first-order valence-corrected chi connectivity index (χ1v) is 5.80. The topological polar surface area (TPSA) is 63.8 Å². The summed E-state index contributed by atoms with van der Waals surface area (Å²) < 4.78 is 0. The molecule has 5 heteroatoms. The van der Waals surface area contributed by atoms with Crippen LogP contribution in [0.5, 0.6) is 0 Å². The largest absolute Gasteiger partial charge is 0.362 e. The second-order valence-electron chi connectivity index (χ2n) is 4.73. The molecule has 0 fully saturated rings. The third-order valence-corrected chi connectivity index (χ3v) is 2.57. The van der Waals surface area contributed by atoms with Gasteiger partial charge in [-0.05, 0) is 31.4 Å². The van der Waals surface area contributed by atoms with Gasteiger partial charge in [0.15, 0.2) is 5.15 Å². The second-order valence-corrected chi connectivity index (χ2v) is 5.12. The van der Waals surface area contributed by atoms with Crippen molar-refractivity contribution >= 4 is 17.4 Å². The van der Waals surface area contributed by atoms with Crippen LogP contribution in [-0.4, -0.2) is 22.3 Å². The lowest BCUT2D eigenvalue weighted by atomic mass is 9.91. The van der Waals surface area contributed by atoms with Crippen molar-refractivity contribution in [3.05, 3.63) is 17.3 Å². The fourth-order valence-corrected chi connectivity index (χ4v) is 1.88. The van der Waals surface area contributed by atoms with Gasteiger partial charge in [0.05, 0.1) is 0 Å². The Morgan fingerprint density at radius 3 is 2.56 bits per heavy atom. The van der Waals surface area contributed by atoms with Crippen LogP contribution in [0.25, 0.3) is 0 Å². The maximum atomic E-state index is 5.80.